The summed E-state index contributed by atoms with van der Waals surface area (Å²) in [6.45, 7) is 6.68. The summed E-state index contributed by atoms with van der Waals surface area (Å²) in [7, 11) is 0. The Morgan fingerprint density at radius 3 is 2.55 bits per heavy atom. The lowest BCUT2D eigenvalue weighted by Gasteiger charge is -2.34. The van der Waals surface area contributed by atoms with Crippen molar-refractivity contribution in [2.24, 2.45) is 0 Å². The second-order valence-electron chi connectivity index (χ2n) is 7.64. The average molecular weight is 394 g/mol. The molecule has 7 nitrogen and oxygen atoms in total. The number of hydrogen-bond donors (Lipinski definition) is 0. The van der Waals surface area contributed by atoms with Crippen LogP contribution in [-0.4, -0.2) is 59.5 Å². The molecule has 0 N–H and O–H groups in total. The summed E-state index contributed by atoms with van der Waals surface area (Å²) in [6, 6.07) is 8.39. The number of anilines is 1. The lowest BCUT2D eigenvalue weighted by molar-refractivity contribution is 0.0961. The number of Topliss-reactive ketones (excluding diaryl/α,β-unsaturated/α-hetero) is 1. The van der Waals surface area contributed by atoms with Crippen molar-refractivity contribution in [1.29, 1.82) is 0 Å². The molecule has 1 aliphatic heterocycles. The SMILES string of the molecule is CCOC(=O)N1CCN(c2ncc3c(n2)C[C@@H](c2ccc(C)cc2)CC3=O)CC1. The van der Waals surface area contributed by atoms with Gasteiger partial charge in [-0.2, -0.15) is 0 Å². The highest BCUT2D eigenvalue weighted by Crippen LogP contribution is 2.32. The fourth-order valence-electron chi connectivity index (χ4n) is 3.96. The molecule has 0 unspecified atom stereocenters. The lowest BCUT2D eigenvalue weighted by Crippen LogP contribution is -2.49. The van der Waals surface area contributed by atoms with Crippen molar-refractivity contribution in [3.63, 3.8) is 0 Å². The quantitative estimate of drug-likeness (QED) is 0.797. The maximum absolute atomic E-state index is 12.7. The summed E-state index contributed by atoms with van der Waals surface area (Å²) in [5, 5.41) is 0. The summed E-state index contributed by atoms with van der Waals surface area (Å²) < 4.78 is 5.07. The van der Waals surface area contributed by atoms with Crippen molar-refractivity contribution in [2.45, 2.75) is 32.6 Å². The van der Waals surface area contributed by atoms with E-state index in [1.54, 1.807) is 18.0 Å². The number of hydrogen-bond acceptors (Lipinski definition) is 6. The molecule has 152 valence electrons. The van der Waals surface area contributed by atoms with Gasteiger partial charge in [0.25, 0.3) is 0 Å². The predicted octanol–water partition coefficient (Wildman–Crippen LogP) is 2.98. The minimum Gasteiger partial charge on any atom is -0.450 e. The number of rotatable bonds is 3. The number of aromatic nitrogens is 2. The molecule has 0 saturated carbocycles. The first-order valence-electron chi connectivity index (χ1n) is 10.2. The second kappa shape index (κ2) is 8.19. The smallest absolute Gasteiger partial charge is 0.409 e. The zero-order valence-electron chi connectivity index (χ0n) is 16.9. The molecule has 0 radical (unpaired) electrons. The third-order valence-corrected chi connectivity index (χ3v) is 5.66. The fourth-order valence-corrected chi connectivity index (χ4v) is 3.96. The van der Waals surface area contributed by atoms with Gasteiger partial charge in [-0.3, -0.25) is 4.79 Å². The highest BCUT2D eigenvalue weighted by molar-refractivity contribution is 5.98. The first-order valence-corrected chi connectivity index (χ1v) is 10.2. The van der Waals surface area contributed by atoms with Crippen molar-refractivity contribution in [3.05, 3.63) is 52.8 Å². The van der Waals surface area contributed by atoms with Gasteiger partial charge in [-0.1, -0.05) is 29.8 Å². The van der Waals surface area contributed by atoms with Crippen LogP contribution in [0.3, 0.4) is 0 Å². The molecule has 2 aromatic rings. The van der Waals surface area contributed by atoms with Gasteiger partial charge in [-0.05, 0) is 31.7 Å². The number of ether oxygens (including phenoxy) is 1. The standard InChI is InChI=1S/C22H26N4O3/c1-3-29-22(28)26-10-8-25(9-11-26)21-23-14-18-19(24-21)12-17(13-20(18)27)16-6-4-15(2)5-7-16/h4-7,14,17H,3,8-13H2,1-2H3/t17-/m1/s1. The monoisotopic (exact) mass is 394 g/mol. The van der Waals surface area contributed by atoms with Crippen molar-refractivity contribution < 1.29 is 14.3 Å². The minimum absolute atomic E-state index is 0.107. The van der Waals surface area contributed by atoms with E-state index in [0.29, 0.717) is 50.7 Å². The van der Waals surface area contributed by atoms with Crippen molar-refractivity contribution in [2.75, 3.05) is 37.7 Å². The Morgan fingerprint density at radius 2 is 1.86 bits per heavy atom. The number of nitrogens with zero attached hydrogens (tertiary/aromatic N) is 4. The maximum Gasteiger partial charge on any atom is 0.409 e. The average Bonchev–Trinajstić information content (AvgIpc) is 2.74. The zero-order valence-corrected chi connectivity index (χ0v) is 16.9. The van der Waals surface area contributed by atoms with E-state index in [1.807, 2.05) is 0 Å². The predicted molar refractivity (Wildman–Crippen MR) is 109 cm³/mol. The van der Waals surface area contributed by atoms with Crippen molar-refractivity contribution >= 4 is 17.8 Å². The van der Waals surface area contributed by atoms with Gasteiger partial charge >= 0.3 is 6.09 Å². The summed E-state index contributed by atoms with van der Waals surface area (Å²) in [5.41, 5.74) is 3.85. The molecule has 1 aromatic heterocycles. The van der Waals surface area contributed by atoms with E-state index in [4.69, 9.17) is 9.72 Å². The van der Waals surface area contributed by atoms with Crippen LogP contribution in [0.1, 0.15) is 46.4 Å². The lowest BCUT2D eigenvalue weighted by atomic mass is 9.82. The number of amides is 1. The molecule has 29 heavy (non-hydrogen) atoms. The third kappa shape index (κ3) is 4.09. The summed E-state index contributed by atoms with van der Waals surface area (Å²) in [6.07, 6.45) is 2.63. The normalized spacial score (nSPS) is 19.1. The van der Waals surface area contributed by atoms with Crippen LogP contribution < -0.4 is 4.90 Å². The molecule has 0 bridgehead atoms. The van der Waals surface area contributed by atoms with E-state index >= 15 is 0 Å². The Hall–Kier alpha value is -2.96. The Kier molecular flexibility index (Phi) is 5.47. The maximum atomic E-state index is 12.7. The van der Waals surface area contributed by atoms with Gasteiger partial charge in [-0.25, -0.2) is 14.8 Å². The molecule has 2 heterocycles. The third-order valence-electron chi connectivity index (χ3n) is 5.66. The molecule has 4 rings (SSSR count). The van der Waals surface area contributed by atoms with E-state index in [0.717, 1.165) is 12.1 Å². The Labute approximate surface area is 170 Å². The molecule has 1 saturated heterocycles. The van der Waals surface area contributed by atoms with Gasteiger partial charge < -0.3 is 14.5 Å². The number of benzene rings is 1. The number of carbonyl (C=O) groups excluding carboxylic acids is 2. The van der Waals surface area contributed by atoms with E-state index in [2.05, 4.69) is 41.1 Å². The van der Waals surface area contributed by atoms with E-state index in [9.17, 15) is 9.59 Å². The zero-order chi connectivity index (χ0) is 20.4. The Balaban J connectivity index is 1.49. The van der Waals surface area contributed by atoms with Crippen LogP contribution in [0, 0.1) is 6.92 Å². The largest absolute Gasteiger partial charge is 0.450 e. The molecule has 1 amide bonds. The molecule has 1 aromatic carbocycles. The highest BCUT2D eigenvalue weighted by atomic mass is 16.6. The van der Waals surface area contributed by atoms with Gasteiger partial charge in [-0.15, -0.1) is 0 Å². The van der Waals surface area contributed by atoms with Crippen LogP contribution in [-0.2, 0) is 11.2 Å². The number of aryl methyl sites for hydroxylation is 1. The van der Waals surface area contributed by atoms with Crippen LogP contribution in [0.5, 0.6) is 0 Å². The molecule has 2 aliphatic rings. The van der Waals surface area contributed by atoms with Gasteiger partial charge in [0.1, 0.15) is 0 Å². The number of fused-ring (bicyclic) bond motifs is 1. The molecule has 1 aliphatic carbocycles. The molecule has 1 atom stereocenters. The number of piperazine rings is 1. The van der Waals surface area contributed by atoms with Gasteiger partial charge in [0.05, 0.1) is 17.9 Å². The van der Waals surface area contributed by atoms with Crippen molar-refractivity contribution in [3.8, 4) is 0 Å². The molecule has 1 fully saturated rings. The summed E-state index contributed by atoms with van der Waals surface area (Å²) >= 11 is 0. The minimum atomic E-state index is -0.273. The molecule has 7 heteroatoms. The van der Waals surface area contributed by atoms with Crippen LogP contribution in [0.25, 0.3) is 0 Å². The topological polar surface area (TPSA) is 75.6 Å². The van der Waals surface area contributed by atoms with E-state index in [1.165, 1.54) is 11.1 Å². The van der Waals surface area contributed by atoms with Crippen molar-refractivity contribution in [1.82, 2.24) is 14.9 Å². The first-order chi connectivity index (χ1) is 14.0. The van der Waals surface area contributed by atoms with Gasteiger partial charge in [0.2, 0.25) is 5.95 Å². The Bertz CT molecular complexity index is 905. The summed E-state index contributed by atoms with van der Waals surface area (Å²) in [5.74, 6) is 0.888. The van der Waals surface area contributed by atoms with Crippen LogP contribution >= 0.6 is 0 Å². The highest BCUT2D eigenvalue weighted by Gasteiger charge is 2.29. The number of ketones is 1. The van der Waals surface area contributed by atoms with Crippen LogP contribution in [0.2, 0.25) is 0 Å². The molecular formula is C22H26N4O3. The van der Waals surface area contributed by atoms with Crippen LogP contribution in [0.15, 0.2) is 30.5 Å². The second-order valence-corrected chi connectivity index (χ2v) is 7.64. The van der Waals surface area contributed by atoms with E-state index < -0.39 is 0 Å². The molecular weight excluding hydrogens is 368 g/mol. The number of carbonyl (C=O) groups is 2. The van der Waals surface area contributed by atoms with E-state index in [-0.39, 0.29) is 17.8 Å². The van der Waals surface area contributed by atoms with Crippen LogP contribution in [0.4, 0.5) is 10.7 Å². The van der Waals surface area contributed by atoms with Gasteiger partial charge in [0.15, 0.2) is 5.78 Å². The molecule has 0 spiro atoms. The first kappa shape index (κ1) is 19.4. The van der Waals surface area contributed by atoms with Gasteiger partial charge in [0, 0.05) is 38.8 Å². The fraction of sp³-hybridized carbons (Fsp3) is 0.455. The summed E-state index contributed by atoms with van der Waals surface area (Å²) in [4.78, 5) is 37.5. The Morgan fingerprint density at radius 1 is 1.14 bits per heavy atom.